The van der Waals surface area contributed by atoms with Gasteiger partial charge < -0.3 is 5.32 Å². The van der Waals surface area contributed by atoms with Gasteiger partial charge >= 0.3 is 0 Å². The minimum absolute atomic E-state index is 0.0178. The zero-order valence-electron chi connectivity index (χ0n) is 12.9. The summed E-state index contributed by atoms with van der Waals surface area (Å²) in [7, 11) is 0. The normalized spacial score (nSPS) is 17.7. The first kappa shape index (κ1) is 18.4. The van der Waals surface area contributed by atoms with E-state index in [-0.39, 0.29) is 17.1 Å². The van der Waals surface area contributed by atoms with E-state index in [1.807, 2.05) is 31.2 Å². The fourth-order valence-electron chi connectivity index (χ4n) is 2.27. The lowest BCUT2D eigenvalue weighted by Gasteiger charge is -2.14. The Hall–Kier alpha value is -0.920. The first-order valence-electron chi connectivity index (χ1n) is 7.55. The molecule has 124 valence electrons. The summed E-state index contributed by atoms with van der Waals surface area (Å²) in [6.45, 7) is 2.54. The van der Waals surface area contributed by atoms with Crippen LogP contribution in [-0.2, 0) is 9.59 Å². The molecule has 7 heteroatoms. The molecule has 1 fully saturated rings. The van der Waals surface area contributed by atoms with E-state index in [4.69, 9.17) is 12.2 Å². The highest BCUT2D eigenvalue weighted by Gasteiger charge is 2.32. The van der Waals surface area contributed by atoms with Crippen LogP contribution < -0.4 is 5.32 Å². The van der Waals surface area contributed by atoms with Crippen molar-refractivity contribution in [1.29, 1.82) is 0 Å². The Morgan fingerprint density at radius 3 is 2.61 bits per heavy atom. The first-order valence-corrected chi connectivity index (χ1v) is 9.63. The van der Waals surface area contributed by atoms with E-state index in [2.05, 4.69) is 21.2 Å². The van der Waals surface area contributed by atoms with Gasteiger partial charge in [0.2, 0.25) is 11.8 Å². The highest BCUT2D eigenvalue weighted by Crippen LogP contribution is 2.27. The molecule has 0 aromatic heterocycles. The van der Waals surface area contributed by atoms with Gasteiger partial charge in [-0.25, -0.2) is 0 Å². The van der Waals surface area contributed by atoms with Crippen molar-refractivity contribution in [2.75, 3.05) is 11.9 Å². The van der Waals surface area contributed by atoms with Gasteiger partial charge in [-0.1, -0.05) is 46.3 Å². The molecular formula is C16H19BrN2O2S2. The number of carbonyl (C=O) groups is 2. The molecule has 1 heterocycles. The van der Waals surface area contributed by atoms with Gasteiger partial charge in [0, 0.05) is 23.1 Å². The molecule has 1 N–H and O–H groups in total. The second-order valence-electron chi connectivity index (χ2n) is 5.38. The summed E-state index contributed by atoms with van der Waals surface area (Å²) in [6, 6.07) is 7.51. The van der Waals surface area contributed by atoms with E-state index in [0.29, 0.717) is 17.3 Å². The summed E-state index contributed by atoms with van der Waals surface area (Å²) in [6.07, 6.45) is 3.06. The molecule has 0 spiro atoms. The molecule has 2 rings (SSSR count). The Labute approximate surface area is 154 Å². The van der Waals surface area contributed by atoms with E-state index >= 15 is 0 Å². The second-order valence-corrected chi connectivity index (χ2v) is 8.27. The van der Waals surface area contributed by atoms with Crippen molar-refractivity contribution in [2.24, 2.45) is 0 Å². The highest BCUT2D eigenvalue weighted by molar-refractivity contribution is 9.10. The van der Waals surface area contributed by atoms with Crippen LogP contribution in [0.2, 0.25) is 0 Å². The third-order valence-corrected chi connectivity index (χ3v) is 5.54. The molecule has 23 heavy (non-hydrogen) atoms. The molecule has 2 amide bonds. The number of thiocarbonyl (C=S) groups is 1. The van der Waals surface area contributed by atoms with Gasteiger partial charge in [0.05, 0.1) is 5.25 Å². The highest BCUT2D eigenvalue weighted by atomic mass is 79.9. The van der Waals surface area contributed by atoms with Crippen molar-refractivity contribution in [3.63, 3.8) is 0 Å². The number of benzene rings is 1. The zero-order valence-corrected chi connectivity index (χ0v) is 16.1. The number of unbranched alkanes of at least 4 members (excludes halogenated alkanes) is 2. The van der Waals surface area contributed by atoms with Gasteiger partial charge in [-0.15, -0.1) is 0 Å². The average molecular weight is 415 g/mol. The number of rotatable bonds is 7. The summed E-state index contributed by atoms with van der Waals surface area (Å²) < 4.78 is 1.66. The van der Waals surface area contributed by atoms with Crippen LogP contribution in [0.5, 0.6) is 0 Å². The molecule has 0 radical (unpaired) electrons. The molecule has 0 aliphatic carbocycles. The maximum Gasteiger partial charge on any atom is 0.241 e. The maximum absolute atomic E-state index is 11.9. The van der Waals surface area contributed by atoms with Crippen LogP contribution in [0.3, 0.4) is 0 Å². The number of nitrogens with one attached hydrogen (secondary N) is 1. The Bertz CT molecular complexity index is 592. The molecule has 1 unspecified atom stereocenters. The van der Waals surface area contributed by atoms with Crippen LogP contribution in [-0.4, -0.2) is 32.8 Å². The molecule has 1 atom stereocenters. The van der Waals surface area contributed by atoms with E-state index in [1.54, 1.807) is 4.90 Å². The van der Waals surface area contributed by atoms with Crippen LogP contribution >= 0.6 is 39.9 Å². The third-order valence-electron chi connectivity index (χ3n) is 3.53. The van der Waals surface area contributed by atoms with Crippen molar-refractivity contribution < 1.29 is 9.59 Å². The van der Waals surface area contributed by atoms with Crippen LogP contribution in [0.25, 0.3) is 0 Å². The number of hydrogen-bond donors (Lipinski definition) is 1. The summed E-state index contributed by atoms with van der Waals surface area (Å²) in [5.74, 6) is 0.122. The van der Waals surface area contributed by atoms with Gasteiger partial charge in [0.1, 0.15) is 4.32 Å². The largest absolute Gasteiger partial charge is 0.326 e. The Balaban J connectivity index is 1.62. The van der Waals surface area contributed by atoms with E-state index in [9.17, 15) is 9.59 Å². The molecular weight excluding hydrogens is 396 g/mol. The topological polar surface area (TPSA) is 49.4 Å². The fourth-order valence-corrected chi connectivity index (χ4v) is 3.98. The second kappa shape index (κ2) is 8.80. The van der Waals surface area contributed by atoms with Crippen molar-refractivity contribution in [1.82, 2.24) is 4.90 Å². The standard InChI is InChI=1S/C16H19BrN2O2S2/c1-11-15(21)19(16(22)23-11)10-4-2-3-5-14(20)18-13-8-6-12(17)7-9-13/h6-9,11H,2-5,10H2,1H3,(H,18,20). The van der Waals surface area contributed by atoms with Crippen LogP contribution in [0.1, 0.15) is 32.6 Å². The number of amides is 2. The smallest absolute Gasteiger partial charge is 0.241 e. The Morgan fingerprint density at radius 1 is 1.30 bits per heavy atom. The first-order chi connectivity index (χ1) is 11.0. The quantitative estimate of drug-likeness (QED) is 0.536. The van der Waals surface area contributed by atoms with Gasteiger partial charge in [-0.05, 0) is 44.0 Å². The number of hydrogen-bond acceptors (Lipinski definition) is 4. The van der Waals surface area contributed by atoms with E-state index in [1.165, 1.54) is 11.8 Å². The molecule has 1 aromatic rings. The van der Waals surface area contributed by atoms with Crippen molar-refractivity contribution in [2.45, 2.75) is 37.9 Å². The molecule has 0 bridgehead atoms. The van der Waals surface area contributed by atoms with Crippen LogP contribution in [0.4, 0.5) is 5.69 Å². The SMILES string of the molecule is CC1SC(=S)N(CCCCCC(=O)Nc2ccc(Br)cc2)C1=O. The molecule has 1 aromatic carbocycles. The summed E-state index contributed by atoms with van der Waals surface area (Å²) in [5.41, 5.74) is 0.803. The van der Waals surface area contributed by atoms with E-state index in [0.717, 1.165) is 29.4 Å². The minimum atomic E-state index is -0.0563. The number of nitrogens with zero attached hydrogens (tertiary/aromatic N) is 1. The van der Waals surface area contributed by atoms with Crippen LogP contribution in [0.15, 0.2) is 28.7 Å². The number of anilines is 1. The third kappa shape index (κ3) is 5.58. The number of carbonyl (C=O) groups excluding carboxylic acids is 2. The molecule has 1 aliphatic heterocycles. The van der Waals surface area contributed by atoms with Gasteiger partial charge in [0.25, 0.3) is 0 Å². The average Bonchev–Trinajstić information content (AvgIpc) is 2.75. The lowest BCUT2D eigenvalue weighted by molar-refractivity contribution is -0.125. The molecule has 1 aliphatic rings. The summed E-state index contributed by atoms with van der Waals surface area (Å²) in [5, 5.41) is 2.82. The lowest BCUT2D eigenvalue weighted by atomic mass is 10.1. The minimum Gasteiger partial charge on any atom is -0.326 e. The van der Waals surface area contributed by atoms with E-state index < -0.39 is 0 Å². The molecule has 1 saturated heterocycles. The fraction of sp³-hybridized carbons (Fsp3) is 0.438. The summed E-state index contributed by atoms with van der Waals surface area (Å²) >= 11 is 10.0. The van der Waals surface area contributed by atoms with Gasteiger partial charge in [0.15, 0.2) is 0 Å². The van der Waals surface area contributed by atoms with Gasteiger partial charge in [-0.2, -0.15) is 0 Å². The monoisotopic (exact) mass is 414 g/mol. The molecule has 4 nitrogen and oxygen atoms in total. The Kier molecular flexibility index (Phi) is 7.05. The Morgan fingerprint density at radius 2 is 2.00 bits per heavy atom. The van der Waals surface area contributed by atoms with Gasteiger partial charge in [-0.3, -0.25) is 14.5 Å². The summed E-state index contributed by atoms with van der Waals surface area (Å²) in [4.78, 5) is 25.4. The molecule has 0 saturated carbocycles. The van der Waals surface area contributed by atoms with Crippen molar-refractivity contribution >= 4 is 61.7 Å². The van der Waals surface area contributed by atoms with Crippen molar-refractivity contribution in [3.8, 4) is 0 Å². The predicted molar refractivity (Wildman–Crippen MR) is 103 cm³/mol. The maximum atomic E-state index is 11.9. The zero-order chi connectivity index (χ0) is 16.8. The van der Waals surface area contributed by atoms with Crippen LogP contribution in [0, 0.1) is 0 Å². The lowest BCUT2D eigenvalue weighted by Crippen LogP contribution is -2.31. The number of thioether (sulfide) groups is 1. The predicted octanol–water partition coefficient (Wildman–Crippen LogP) is 4.20. The number of halogens is 1. The van der Waals surface area contributed by atoms with Crippen molar-refractivity contribution in [3.05, 3.63) is 28.7 Å².